The van der Waals surface area contributed by atoms with Crippen molar-refractivity contribution < 1.29 is 13.2 Å². The van der Waals surface area contributed by atoms with E-state index in [0.717, 1.165) is 0 Å². The number of amides is 1. The van der Waals surface area contributed by atoms with E-state index in [-0.39, 0.29) is 10.8 Å². The van der Waals surface area contributed by atoms with Crippen molar-refractivity contribution in [2.45, 2.75) is 18.7 Å². The molecule has 0 aliphatic heterocycles. The molecule has 0 aliphatic rings. The van der Waals surface area contributed by atoms with Crippen molar-refractivity contribution in [2.24, 2.45) is 0 Å². The second-order valence-corrected chi connectivity index (χ2v) is 7.48. The summed E-state index contributed by atoms with van der Waals surface area (Å²) in [4.78, 5) is 14.1. The highest BCUT2D eigenvalue weighted by atomic mass is 35.5. The van der Waals surface area contributed by atoms with E-state index in [1.807, 2.05) is 0 Å². The lowest BCUT2D eigenvalue weighted by molar-refractivity contribution is 0.0775. The third kappa shape index (κ3) is 5.08. The Bertz CT molecular complexity index is 596. The minimum Gasteiger partial charge on any atom is -0.336 e. The third-order valence-electron chi connectivity index (χ3n) is 3.44. The third-order valence-corrected chi connectivity index (χ3v) is 5.84. The zero-order valence-corrected chi connectivity index (χ0v) is 15.7. The van der Waals surface area contributed by atoms with Gasteiger partial charge >= 0.3 is 0 Å². The number of benzene rings is 1. The summed E-state index contributed by atoms with van der Waals surface area (Å²) in [5, 5.41) is 0. The summed E-state index contributed by atoms with van der Waals surface area (Å²) in [5.74, 6) is 0.423. The summed E-state index contributed by atoms with van der Waals surface area (Å²) < 4.78 is 26.2. The number of halogens is 2. The van der Waals surface area contributed by atoms with E-state index in [2.05, 4.69) is 0 Å². The molecular weight excluding hydrogens is 359 g/mol. The maximum atomic E-state index is 12.4. The molecule has 0 radical (unpaired) electrons. The second kappa shape index (κ2) is 9.47. The molecule has 0 aromatic heterocycles. The molecular formula is C15H22Cl2N2O3S. The molecule has 0 aliphatic carbocycles. The van der Waals surface area contributed by atoms with Gasteiger partial charge in [0.1, 0.15) is 0 Å². The van der Waals surface area contributed by atoms with Gasteiger partial charge in [0.05, 0.1) is 4.90 Å². The van der Waals surface area contributed by atoms with Gasteiger partial charge in [-0.2, -0.15) is 4.31 Å². The summed E-state index contributed by atoms with van der Waals surface area (Å²) in [6, 6.07) is 5.96. The van der Waals surface area contributed by atoms with Gasteiger partial charge in [0.2, 0.25) is 10.0 Å². The summed E-state index contributed by atoms with van der Waals surface area (Å²) in [6.07, 6.45) is 0. The van der Waals surface area contributed by atoms with Crippen molar-refractivity contribution in [3.05, 3.63) is 29.8 Å². The monoisotopic (exact) mass is 380 g/mol. The fourth-order valence-corrected chi connectivity index (χ4v) is 4.05. The molecule has 0 saturated carbocycles. The Kier molecular flexibility index (Phi) is 8.33. The summed E-state index contributed by atoms with van der Waals surface area (Å²) >= 11 is 11.4. The van der Waals surface area contributed by atoms with Crippen LogP contribution in [0.3, 0.4) is 0 Å². The lowest BCUT2D eigenvalue weighted by Gasteiger charge is -2.21. The Morgan fingerprint density at radius 1 is 1.00 bits per heavy atom. The van der Waals surface area contributed by atoms with E-state index in [4.69, 9.17) is 23.2 Å². The van der Waals surface area contributed by atoms with Gasteiger partial charge in [0, 0.05) is 43.5 Å². The maximum Gasteiger partial charge on any atom is 0.253 e. The van der Waals surface area contributed by atoms with Crippen LogP contribution in [0.2, 0.25) is 0 Å². The van der Waals surface area contributed by atoms with Gasteiger partial charge in [-0.05, 0) is 24.3 Å². The predicted molar refractivity (Wildman–Crippen MR) is 93.9 cm³/mol. The number of alkyl halides is 2. The molecule has 1 aromatic rings. The van der Waals surface area contributed by atoms with Crippen LogP contribution in [0.4, 0.5) is 0 Å². The molecule has 0 bridgehead atoms. The quantitative estimate of drug-likeness (QED) is 0.618. The zero-order valence-electron chi connectivity index (χ0n) is 13.3. The Hall–Kier alpha value is -0.820. The van der Waals surface area contributed by atoms with E-state index < -0.39 is 10.0 Å². The van der Waals surface area contributed by atoms with Gasteiger partial charge in [0.25, 0.3) is 5.91 Å². The fraction of sp³-hybridized carbons (Fsp3) is 0.533. The molecule has 0 heterocycles. The van der Waals surface area contributed by atoms with Crippen molar-refractivity contribution in [1.29, 1.82) is 0 Å². The van der Waals surface area contributed by atoms with E-state index in [9.17, 15) is 13.2 Å². The topological polar surface area (TPSA) is 57.7 Å². The number of carbonyl (C=O) groups excluding carboxylic acids is 1. The molecule has 0 fully saturated rings. The van der Waals surface area contributed by atoms with Crippen molar-refractivity contribution in [1.82, 2.24) is 9.21 Å². The van der Waals surface area contributed by atoms with Crippen LogP contribution in [0.5, 0.6) is 0 Å². The van der Waals surface area contributed by atoms with Crippen LogP contribution in [-0.4, -0.2) is 61.5 Å². The standard InChI is InChI=1S/C15H22Cl2N2O3S/c1-3-19(4-2)23(21,22)14-7-5-13(6-8-14)15(20)18(11-9-16)12-10-17/h5-8H,3-4,9-12H2,1-2H3. The highest BCUT2D eigenvalue weighted by Gasteiger charge is 2.22. The number of rotatable bonds is 9. The lowest BCUT2D eigenvalue weighted by atomic mass is 10.2. The van der Waals surface area contributed by atoms with Crippen LogP contribution in [0.1, 0.15) is 24.2 Å². The zero-order chi connectivity index (χ0) is 17.5. The lowest BCUT2D eigenvalue weighted by Crippen LogP contribution is -2.34. The maximum absolute atomic E-state index is 12.4. The van der Waals surface area contributed by atoms with Gasteiger partial charge in [-0.15, -0.1) is 23.2 Å². The first kappa shape index (κ1) is 20.2. The first-order valence-corrected chi connectivity index (χ1v) is 9.94. The van der Waals surface area contributed by atoms with Crippen molar-refractivity contribution in [2.75, 3.05) is 37.9 Å². The van der Waals surface area contributed by atoms with Gasteiger partial charge in [-0.25, -0.2) is 8.42 Å². The number of nitrogens with zero attached hydrogens (tertiary/aromatic N) is 2. The van der Waals surface area contributed by atoms with Crippen LogP contribution in [0.25, 0.3) is 0 Å². The Morgan fingerprint density at radius 2 is 1.48 bits per heavy atom. The summed E-state index contributed by atoms with van der Waals surface area (Å²) in [6.45, 7) is 5.17. The van der Waals surface area contributed by atoms with Gasteiger partial charge in [-0.3, -0.25) is 4.79 Å². The highest BCUT2D eigenvalue weighted by Crippen LogP contribution is 2.17. The predicted octanol–water partition coefficient (Wildman–Crippen LogP) is 2.64. The van der Waals surface area contributed by atoms with Crippen LogP contribution in [0.15, 0.2) is 29.2 Å². The van der Waals surface area contributed by atoms with Crippen molar-refractivity contribution >= 4 is 39.1 Å². The minimum absolute atomic E-state index is 0.180. The smallest absolute Gasteiger partial charge is 0.253 e. The molecule has 1 amide bonds. The van der Waals surface area contributed by atoms with Gasteiger partial charge in [-0.1, -0.05) is 13.8 Å². The number of hydrogen-bond acceptors (Lipinski definition) is 3. The average Bonchev–Trinajstić information content (AvgIpc) is 2.55. The average molecular weight is 381 g/mol. The molecule has 0 N–H and O–H groups in total. The van der Waals surface area contributed by atoms with Crippen molar-refractivity contribution in [3.63, 3.8) is 0 Å². The Labute approximate surface area is 148 Å². The highest BCUT2D eigenvalue weighted by molar-refractivity contribution is 7.89. The molecule has 1 rings (SSSR count). The van der Waals surface area contributed by atoms with Crippen LogP contribution >= 0.6 is 23.2 Å². The molecule has 0 unspecified atom stereocenters. The molecule has 23 heavy (non-hydrogen) atoms. The molecule has 8 heteroatoms. The summed E-state index contributed by atoms with van der Waals surface area (Å²) in [7, 11) is -3.52. The first-order chi connectivity index (χ1) is 10.9. The van der Waals surface area contributed by atoms with E-state index >= 15 is 0 Å². The molecule has 0 spiro atoms. The van der Waals surface area contributed by atoms with E-state index in [0.29, 0.717) is 43.5 Å². The number of sulfonamides is 1. The molecule has 0 atom stereocenters. The Morgan fingerprint density at radius 3 is 1.87 bits per heavy atom. The molecule has 130 valence electrons. The van der Waals surface area contributed by atoms with E-state index in [1.54, 1.807) is 18.7 Å². The SMILES string of the molecule is CCN(CC)S(=O)(=O)c1ccc(C(=O)N(CCCl)CCCl)cc1. The minimum atomic E-state index is -3.52. The number of carbonyl (C=O) groups is 1. The largest absolute Gasteiger partial charge is 0.336 e. The number of hydrogen-bond donors (Lipinski definition) is 0. The first-order valence-electron chi connectivity index (χ1n) is 7.43. The van der Waals surface area contributed by atoms with Crippen molar-refractivity contribution in [3.8, 4) is 0 Å². The van der Waals surface area contributed by atoms with Gasteiger partial charge in [0.15, 0.2) is 0 Å². The van der Waals surface area contributed by atoms with Gasteiger partial charge < -0.3 is 4.90 Å². The molecule has 1 aromatic carbocycles. The molecule has 5 nitrogen and oxygen atoms in total. The van der Waals surface area contributed by atoms with E-state index in [1.165, 1.54) is 28.6 Å². The Balaban J connectivity index is 3.02. The van der Waals surface area contributed by atoms with Crippen LogP contribution in [-0.2, 0) is 10.0 Å². The molecule has 0 saturated heterocycles. The summed E-state index contributed by atoms with van der Waals surface area (Å²) in [5.41, 5.74) is 0.415. The van der Waals surface area contributed by atoms with Crippen LogP contribution < -0.4 is 0 Å². The second-order valence-electron chi connectivity index (χ2n) is 4.78. The van der Waals surface area contributed by atoms with Crippen LogP contribution in [0, 0.1) is 0 Å². The normalized spacial score (nSPS) is 11.7. The fourth-order valence-electron chi connectivity index (χ4n) is 2.18.